The number of para-hydroxylation sites is 2. The smallest absolute Gasteiger partial charge is 0.254 e. The third-order valence-electron chi connectivity index (χ3n) is 5.76. The van der Waals surface area contributed by atoms with E-state index in [0.717, 1.165) is 18.4 Å². The van der Waals surface area contributed by atoms with Crippen molar-refractivity contribution in [2.45, 2.75) is 31.7 Å². The van der Waals surface area contributed by atoms with Crippen molar-refractivity contribution in [3.8, 4) is 0 Å². The fourth-order valence-corrected chi connectivity index (χ4v) is 4.06. The molecule has 0 aliphatic carbocycles. The predicted octanol–water partition coefficient (Wildman–Crippen LogP) is 2.54. The van der Waals surface area contributed by atoms with Gasteiger partial charge in [-0.3, -0.25) is 24.8 Å². The highest BCUT2D eigenvalue weighted by Crippen LogP contribution is 2.20. The fourth-order valence-electron chi connectivity index (χ4n) is 4.06. The van der Waals surface area contributed by atoms with Crippen molar-refractivity contribution in [1.82, 2.24) is 25.5 Å². The molecule has 0 radical (unpaired) electrons. The monoisotopic (exact) mass is 457 g/mol. The van der Waals surface area contributed by atoms with Gasteiger partial charge in [0.05, 0.1) is 17.7 Å². The first-order valence-corrected chi connectivity index (χ1v) is 11.0. The number of benzene rings is 2. The third-order valence-corrected chi connectivity index (χ3v) is 5.76. The number of amides is 3. The van der Waals surface area contributed by atoms with Crippen LogP contribution in [0.25, 0.3) is 10.9 Å². The number of fused-ring (bicyclic) bond motifs is 2. The lowest BCUT2D eigenvalue weighted by molar-refractivity contribution is -0.122. The van der Waals surface area contributed by atoms with Crippen molar-refractivity contribution in [3.05, 3.63) is 71.7 Å². The second kappa shape index (κ2) is 9.18. The first kappa shape index (κ1) is 21.4. The molecule has 0 saturated carbocycles. The third kappa shape index (κ3) is 4.51. The molecule has 2 aromatic heterocycles. The zero-order chi connectivity index (χ0) is 23.5. The van der Waals surface area contributed by atoms with E-state index < -0.39 is 23.8 Å². The summed E-state index contributed by atoms with van der Waals surface area (Å²) in [5.41, 5.74) is 3.13. The predicted molar refractivity (Wildman–Crippen MR) is 126 cm³/mol. The van der Waals surface area contributed by atoms with Gasteiger partial charge in [-0.15, -0.1) is 5.10 Å². The summed E-state index contributed by atoms with van der Waals surface area (Å²) >= 11 is 0. The minimum Gasteiger partial charge on any atom is -0.361 e. The number of hydrogen-bond donors (Lipinski definition) is 5. The molecule has 34 heavy (non-hydrogen) atoms. The minimum absolute atomic E-state index is 0.135. The number of H-pyrrole nitrogens is 2. The van der Waals surface area contributed by atoms with E-state index in [4.69, 9.17) is 0 Å². The van der Waals surface area contributed by atoms with Crippen molar-refractivity contribution in [3.63, 3.8) is 0 Å². The van der Waals surface area contributed by atoms with E-state index in [1.165, 1.54) is 10.9 Å². The topological polar surface area (TPSA) is 145 Å². The number of aromatic nitrogens is 4. The largest absolute Gasteiger partial charge is 0.361 e. The van der Waals surface area contributed by atoms with E-state index in [9.17, 15) is 14.4 Å². The molecule has 172 valence electrons. The van der Waals surface area contributed by atoms with Crippen LogP contribution in [-0.4, -0.2) is 43.9 Å². The number of hydrogen-bond acceptors (Lipinski definition) is 5. The van der Waals surface area contributed by atoms with Crippen LogP contribution in [0, 0.1) is 0 Å². The van der Waals surface area contributed by atoms with Gasteiger partial charge in [0, 0.05) is 23.5 Å². The molecule has 0 spiro atoms. The van der Waals surface area contributed by atoms with Gasteiger partial charge >= 0.3 is 0 Å². The Morgan fingerprint density at radius 3 is 2.76 bits per heavy atom. The number of rotatable bonds is 7. The van der Waals surface area contributed by atoms with E-state index in [2.05, 4.69) is 42.2 Å². The Balaban J connectivity index is 1.14. The summed E-state index contributed by atoms with van der Waals surface area (Å²) in [6.45, 7) is 0. The van der Waals surface area contributed by atoms with Gasteiger partial charge in [0.1, 0.15) is 11.9 Å². The summed E-state index contributed by atoms with van der Waals surface area (Å²) in [7, 11) is 0. The van der Waals surface area contributed by atoms with Crippen LogP contribution in [-0.2, 0) is 22.4 Å². The molecule has 0 fully saturated rings. The molecule has 10 heteroatoms. The fraction of sp³-hybridized carbons (Fsp3) is 0.208. The van der Waals surface area contributed by atoms with Gasteiger partial charge in [0.25, 0.3) is 5.91 Å². The van der Waals surface area contributed by atoms with E-state index in [1.807, 2.05) is 24.4 Å². The van der Waals surface area contributed by atoms with Crippen molar-refractivity contribution in [2.24, 2.45) is 0 Å². The van der Waals surface area contributed by atoms with Gasteiger partial charge in [-0.1, -0.05) is 30.3 Å². The molecule has 0 unspecified atom stereocenters. The molecule has 5 N–H and O–H groups in total. The van der Waals surface area contributed by atoms with Crippen LogP contribution in [0.4, 0.5) is 11.6 Å². The number of carbonyl (C=O) groups excluding carboxylic acids is 3. The van der Waals surface area contributed by atoms with Gasteiger partial charge in [-0.05, 0) is 36.6 Å². The Labute approximate surface area is 194 Å². The summed E-state index contributed by atoms with van der Waals surface area (Å²) in [6, 6.07) is 13.8. The zero-order valence-corrected chi connectivity index (χ0v) is 18.2. The normalized spacial score (nSPS) is 15.4. The van der Waals surface area contributed by atoms with Gasteiger partial charge in [0.2, 0.25) is 17.8 Å². The second-order valence-electron chi connectivity index (χ2n) is 8.13. The van der Waals surface area contributed by atoms with Crippen LogP contribution in [0.1, 0.15) is 34.6 Å². The summed E-state index contributed by atoms with van der Waals surface area (Å²) in [4.78, 5) is 44.9. The minimum atomic E-state index is -1.01. The lowest BCUT2D eigenvalue weighted by Gasteiger charge is -2.13. The van der Waals surface area contributed by atoms with E-state index >= 15 is 0 Å². The molecule has 1 atom stereocenters. The van der Waals surface area contributed by atoms with Crippen LogP contribution in [0.3, 0.4) is 0 Å². The molecule has 4 aromatic rings. The van der Waals surface area contributed by atoms with Crippen LogP contribution in [0.15, 0.2) is 54.7 Å². The number of aryl methyl sites for hydroxylation is 2. The number of nitrogens with zero attached hydrogens (tertiary/aromatic N) is 2. The summed E-state index contributed by atoms with van der Waals surface area (Å²) < 4.78 is 0. The highest BCUT2D eigenvalue weighted by molar-refractivity contribution is 6.11. The summed E-state index contributed by atoms with van der Waals surface area (Å²) in [5, 5.41) is 16.0. The summed E-state index contributed by atoms with van der Waals surface area (Å²) in [5.74, 6) is -0.555. The number of anilines is 2. The Bertz CT molecular complexity index is 1370. The molecular weight excluding hydrogens is 434 g/mol. The molecule has 2 aromatic carbocycles. The number of aromatic amines is 2. The Morgan fingerprint density at radius 2 is 1.85 bits per heavy atom. The molecule has 1 aliphatic heterocycles. The van der Waals surface area contributed by atoms with Crippen molar-refractivity contribution < 1.29 is 14.4 Å². The molecule has 3 heterocycles. The molecule has 10 nitrogen and oxygen atoms in total. The maximum atomic E-state index is 12.5. The van der Waals surface area contributed by atoms with Crippen molar-refractivity contribution in [2.75, 3.05) is 10.6 Å². The zero-order valence-electron chi connectivity index (χ0n) is 18.2. The Hall–Kier alpha value is -4.47. The van der Waals surface area contributed by atoms with Crippen LogP contribution in [0.2, 0.25) is 0 Å². The molecule has 0 bridgehead atoms. The highest BCUT2D eigenvalue weighted by atomic mass is 16.2. The molecule has 3 amide bonds. The standard InChI is InChI=1S/C24H23N7O3/c32-21(12-19-23(34)26-18-10-4-2-8-16(18)22(33)27-19)29-24-28-20(30-31-24)11-5-6-14-13-25-17-9-3-1-7-15(14)17/h1-4,7-10,13,19,25H,5-6,11-12H2,(H,26,34)(H,27,33)(H2,28,29,30,31,32)/t19-/m1/s1. The maximum Gasteiger partial charge on any atom is 0.254 e. The lowest BCUT2D eigenvalue weighted by Crippen LogP contribution is -2.43. The first-order chi connectivity index (χ1) is 16.6. The van der Waals surface area contributed by atoms with Crippen LogP contribution in [0.5, 0.6) is 0 Å². The highest BCUT2D eigenvalue weighted by Gasteiger charge is 2.29. The van der Waals surface area contributed by atoms with Gasteiger partial charge in [-0.25, -0.2) is 0 Å². The van der Waals surface area contributed by atoms with Crippen molar-refractivity contribution in [1.29, 1.82) is 0 Å². The van der Waals surface area contributed by atoms with Gasteiger partial charge < -0.3 is 15.6 Å². The van der Waals surface area contributed by atoms with Gasteiger partial charge in [0.15, 0.2) is 0 Å². The molecule has 0 saturated heterocycles. The number of carbonyl (C=O) groups is 3. The summed E-state index contributed by atoms with van der Waals surface area (Å²) in [6.07, 6.45) is 4.19. The Morgan fingerprint density at radius 1 is 1.03 bits per heavy atom. The van der Waals surface area contributed by atoms with Crippen LogP contribution >= 0.6 is 0 Å². The second-order valence-corrected chi connectivity index (χ2v) is 8.13. The van der Waals surface area contributed by atoms with Gasteiger partial charge in [-0.2, -0.15) is 4.98 Å². The number of nitrogens with one attached hydrogen (secondary N) is 5. The molecule has 5 rings (SSSR count). The van der Waals surface area contributed by atoms with Crippen molar-refractivity contribution >= 4 is 40.3 Å². The first-order valence-electron chi connectivity index (χ1n) is 11.0. The maximum absolute atomic E-state index is 12.5. The Kier molecular flexibility index (Phi) is 5.77. The lowest BCUT2D eigenvalue weighted by atomic mass is 10.1. The van der Waals surface area contributed by atoms with E-state index in [-0.39, 0.29) is 12.4 Å². The molecular formula is C24H23N7O3. The SMILES string of the molecule is O=C(C[C@H]1NC(=O)c2ccccc2NC1=O)Nc1n[nH]c(CCCc2c[nH]c3ccccc23)n1. The quantitative estimate of drug-likeness (QED) is 0.290. The molecule has 1 aliphatic rings. The van der Waals surface area contributed by atoms with E-state index in [0.29, 0.717) is 23.5 Å². The average molecular weight is 457 g/mol. The van der Waals surface area contributed by atoms with Crippen LogP contribution < -0.4 is 16.0 Å². The van der Waals surface area contributed by atoms with E-state index in [1.54, 1.807) is 24.3 Å². The average Bonchev–Trinajstić information content (AvgIpc) is 3.43.